The van der Waals surface area contributed by atoms with Gasteiger partial charge in [-0.3, -0.25) is 0 Å². The maximum absolute atomic E-state index is 4.32. The maximum atomic E-state index is 4.32. The van der Waals surface area contributed by atoms with Crippen LogP contribution in [0.1, 0.15) is 24.5 Å². The van der Waals surface area contributed by atoms with E-state index in [9.17, 15) is 0 Å². The van der Waals surface area contributed by atoms with Crippen molar-refractivity contribution in [2.45, 2.75) is 27.2 Å². The van der Waals surface area contributed by atoms with Gasteiger partial charge in [-0.05, 0) is 44.0 Å². The first-order valence-corrected chi connectivity index (χ1v) is 7.49. The summed E-state index contributed by atoms with van der Waals surface area (Å²) in [5.41, 5.74) is 3.24. The molecule has 106 valence electrons. The average molecular weight is 335 g/mol. The van der Waals surface area contributed by atoms with Crippen LogP contribution in [-0.4, -0.2) is 16.5 Å². The summed E-state index contributed by atoms with van der Waals surface area (Å²) in [6, 6.07) is 6.15. The van der Waals surface area contributed by atoms with Gasteiger partial charge in [0.2, 0.25) is 0 Å². The molecule has 0 unspecified atom stereocenters. The van der Waals surface area contributed by atoms with Crippen molar-refractivity contribution in [3.8, 4) is 0 Å². The second-order valence-corrected chi connectivity index (χ2v) is 5.57. The zero-order valence-corrected chi connectivity index (χ0v) is 13.6. The fourth-order valence-corrected chi connectivity index (χ4v) is 2.10. The molecule has 0 saturated carbocycles. The molecular formula is C15H19BrN4. The van der Waals surface area contributed by atoms with Gasteiger partial charge in [-0.1, -0.05) is 22.9 Å². The fraction of sp³-hybridized carbons (Fsp3) is 0.333. The molecule has 0 amide bonds. The molecule has 2 rings (SSSR count). The quantitative estimate of drug-likeness (QED) is 0.849. The first-order valence-electron chi connectivity index (χ1n) is 6.70. The summed E-state index contributed by atoms with van der Waals surface area (Å²) in [6.07, 6.45) is 2.65. The summed E-state index contributed by atoms with van der Waals surface area (Å²) in [4.78, 5) is 8.60. The Hall–Kier alpha value is -1.62. The van der Waals surface area contributed by atoms with Gasteiger partial charge >= 0.3 is 0 Å². The molecule has 0 atom stereocenters. The summed E-state index contributed by atoms with van der Waals surface area (Å²) in [5.74, 6) is 1.72. The number of hydrogen-bond acceptors (Lipinski definition) is 4. The van der Waals surface area contributed by atoms with E-state index in [0.717, 1.165) is 40.3 Å². The topological polar surface area (TPSA) is 49.8 Å². The molecule has 0 aliphatic carbocycles. The van der Waals surface area contributed by atoms with Crippen LogP contribution in [0.25, 0.3) is 0 Å². The van der Waals surface area contributed by atoms with Crippen LogP contribution >= 0.6 is 15.9 Å². The lowest BCUT2D eigenvalue weighted by Crippen LogP contribution is -2.06. The van der Waals surface area contributed by atoms with Gasteiger partial charge < -0.3 is 10.6 Å². The molecule has 1 aromatic heterocycles. The molecule has 1 aromatic carbocycles. The number of aryl methyl sites for hydroxylation is 1. The van der Waals surface area contributed by atoms with Gasteiger partial charge in [0.1, 0.15) is 18.0 Å². The van der Waals surface area contributed by atoms with E-state index in [1.54, 1.807) is 6.33 Å². The smallest absolute Gasteiger partial charge is 0.138 e. The van der Waals surface area contributed by atoms with Crippen LogP contribution in [0.4, 0.5) is 17.3 Å². The molecule has 0 saturated heterocycles. The third kappa shape index (κ3) is 3.48. The zero-order valence-electron chi connectivity index (χ0n) is 12.0. The Morgan fingerprint density at radius 3 is 2.60 bits per heavy atom. The minimum atomic E-state index is 0.834. The number of nitrogens with zero attached hydrogens (tertiary/aromatic N) is 2. The van der Waals surface area contributed by atoms with Gasteiger partial charge in [0.15, 0.2) is 0 Å². The lowest BCUT2D eigenvalue weighted by molar-refractivity contribution is 0.960. The zero-order chi connectivity index (χ0) is 14.5. The van der Waals surface area contributed by atoms with Crippen molar-refractivity contribution in [3.05, 3.63) is 40.1 Å². The molecule has 0 bridgehead atoms. The molecule has 0 aliphatic heterocycles. The van der Waals surface area contributed by atoms with Gasteiger partial charge in [0.05, 0.1) is 0 Å². The van der Waals surface area contributed by atoms with Gasteiger partial charge in [-0.25, -0.2) is 9.97 Å². The van der Waals surface area contributed by atoms with Gasteiger partial charge in [0.25, 0.3) is 0 Å². The second kappa shape index (κ2) is 6.70. The lowest BCUT2D eigenvalue weighted by Gasteiger charge is -2.13. The number of benzene rings is 1. The van der Waals surface area contributed by atoms with Crippen LogP contribution in [0.2, 0.25) is 0 Å². The standard InChI is InChI=1S/C15H19BrN4/c1-4-7-17-14-11(3)15(19-9-18-14)20-12-5-6-13(16)10(2)8-12/h5-6,8-9H,4,7H2,1-3H3,(H2,17,18,19,20). The van der Waals surface area contributed by atoms with E-state index in [0.29, 0.717) is 0 Å². The van der Waals surface area contributed by atoms with Crippen molar-refractivity contribution >= 4 is 33.3 Å². The number of anilines is 3. The molecule has 1 heterocycles. The van der Waals surface area contributed by atoms with Crippen LogP contribution in [0.5, 0.6) is 0 Å². The molecule has 2 aromatic rings. The molecule has 5 heteroatoms. The van der Waals surface area contributed by atoms with E-state index in [4.69, 9.17) is 0 Å². The van der Waals surface area contributed by atoms with E-state index in [-0.39, 0.29) is 0 Å². The highest BCUT2D eigenvalue weighted by atomic mass is 79.9. The third-order valence-corrected chi connectivity index (χ3v) is 3.94. The van der Waals surface area contributed by atoms with Gasteiger partial charge in [-0.15, -0.1) is 0 Å². The first kappa shape index (κ1) is 14.8. The predicted octanol–water partition coefficient (Wildman–Crippen LogP) is 4.42. The molecule has 0 aliphatic rings. The van der Waals surface area contributed by atoms with Crippen molar-refractivity contribution in [2.24, 2.45) is 0 Å². The summed E-state index contributed by atoms with van der Waals surface area (Å²) in [7, 11) is 0. The normalized spacial score (nSPS) is 10.4. The van der Waals surface area contributed by atoms with Crippen LogP contribution in [-0.2, 0) is 0 Å². The minimum absolute atomic E-state index is 0.834. The molecule has 0 spiro atoms. The van der Waals surface area contributed by atoms with Crippen molar-refractivity contribution in [1.82, 2.24) is 9.97 Å². The number of halogens is 1. The minimum Gasteiger partial charge on any atom is -0.370 e. The van der Waals surface area contributed by atoms with Gasteiger partial charge in [0, 0.05) is 22.3 Å². The number of nitrogens with one attached hydrogen (secondary N) is 2. The van der Waals surface area contributed by atoms with Crippen LogP contribution in [0.15, 0.2) is 29.0 Å². The summed E-state index contributed by atoms with van der Waals surface area (Å²) in [5, 5.41) is 6.66. The Morgan fingerprint density at radius 1 is 1.15 bits per heavy atom. The Kier molecular flexibility index (Phi) is 4.95. The van der Waals surface area contributed by atoms with Crippen molar-refractivity contribution in [3.63, 3.8) is 0 Å². The highest BCUT2D eigenvalue weighted by Gasteiger charge is 2.07. The molecule has 0 radical (unpaired) electrons. The largest absolute Gasteiger partial charge is 0.370 e. The lowest BCUT2D eigenvalue weighted by atomic mass is 10.2. The van der Waals surface area contributed by atoms with Crippen molar-refractivity contribution in [1.29, 1.82) is 0 Å². The molecule has 4 nitrogen and oxygen atoms in total. The fourth-order valence-electron chi connectivity index (χ4n) is 1.86. The number of aromatic nitrogens is 2. The first-order chi connectivity index (χ1) is 9.61. The van der Waals surface area contributed by atoms with E-state index < -0.39 is 0 Å². The highest BCUT2D eigenvalue weighted by molar-refractivity contribution is 9.10. The summed E-state index contributed by atoms with van der Waals surface area (Å²) < 4.78 is 1.10. The number of hydrogen-bond donors (Lipinski definition) is 2. The summed E-state index contributed by atoms with van der Waals surface area (Å²) >= 11 is 3.51. The van der Waals surface area contributed by atoms with E-state index in [1.807, 2.05) is 19.1 Å². The Bertz CT molecular complexity index is 598. The van der Waals surface area contributed by atoms with Gasteiger partial charge in [-0.2, -0.15) is 0 Å². The third-order valence-electron chi connectivity index (χ3n) is 3.05. The highest BCUT2D eigenvalue weighted by Crippen LogP contribution is 2.25. The Morgan fingerprint density at radius 2 is 1.90 bits per heavy atom. The van der Waals surface area contributed by atoms with Crippen molar-refractivity contribution in [2.75, 3.05) is 17.2 Å². The summed E-state index contributed by atoms with van der Waals surface area (Å²) in [6.45, 7) is 7.13. The monoisotopic (exact) mass is 334 g/mol. The molecule has 20 heavy (non-hydrogen) atoms. The van der Waals surface area contributed by atoms with E-state index in [2.05, 4.69) is 56.4 Å². The number of rotatable bonds is 5. The Labute approximate surface area is 128 Å². The van der Waals surface area contributed by atoms with Crippen molar-refractivity contribution < 1.29 is 0 Å². The maximum Gasteiger partial charge on any atom is 0.138 e. The molecule has 2 N–H and O–H groups in total. The predicted molar refractivity (Wildman–Crippen MR) is 87.7 cm³/mol. The van der Waals surface area contributed by atoms with Crippen LogP contribution in [0, 0.1) is 13.8 Å². The second-order valence-electron chi connectivity index (χ2n) is 4.71. The average Bonchev–Trinajstić information content (AvgIpc) is 2.44. The molecular weight excluding hydrogens is 316 g/mol. The molecule has 0 fully saturated rings. The van der Waals surface area contributed by atoms with Crippen LogP contribution in [0.3, 0.4) is 0 Å². The van der Waals surface area contributed by atoms with Crippen LogP contribution < -0.4 is 10.6 Å². The Balaban J connectivity index is 2.22. The van der Waals surface area contributed by atoms with E-state index in [1.165, 1.54) is 5.56 Å². The SMILES string of the molecule is CCCNc1ncnc(Nc2ccc(Br)c(C)c2)c1C. The van der Waals surface area contributed by atoms with E-state index >= 15 is 0 Å².